The Morgan fingerprint density at radius 3 is 2.72 bits per heavy atom. The molecule has 0 aliphatic heterocycles. The Bertz CT molecular complexity index is 691. The molecule has 0 saturated carbocycles. The van der Waals surface area contributed by atoms with Crippen LogP contribution < -0.4 is 0 Å². The van der Waals surface area contributed by atoms with E-state index in [0.29, 0.717) is 5.75 Å². The molecule has 1 aromatic carbocycles. The molecule has 3 nitrogen and oxygen atoms in total. The van der Waals surface area contributed by atoms with Crippen LogP contribution >= 0.6 is 12.6 Å². The van der Waals surface area contributed by atoms with Crippen molar-refractivity contribution in [1.82, 2.24) is 14.6 Å². The summed E-state index contributed by atoms with van der Waals surface area (Å²) in [5.74, 6) is 0.279. The van der Waals surface area contributed by atoms with Gasteiger partial charge in [0.05, 0.1) is 5.69 Å². The number of hydrogen-bond donors (Lipinski definition) is 1. The van der Waals surface area contributed by atoms with Gasteiger partial charge in [-0.15, -0.1) is 0 Å². The van der Waals surface area contributed by atoms with E-state index in [1.807, 2.05) is 12.3 Å². The van der Waals surface area contributed by atoms with Gasteiger partial charge in [0.15, 0.2) is 5.65 Å². The Labute approximate surface area is 109 Å². The average Bonchev–Trinajstić information content (AvgIpc) is 2.78. The summed E-state index contributed by atoms with van der Waals surface area (Å²) in [5, 5.41) is 4.47. The van der Waals surface area contributed by atoms with E-state index >= 15 is 0 Å². The molecule has 18 heavy (non-hydrogen) atoms. The summed E-state index contributed by atoms with van der Waals surface area (Å²) in [4.78, 5) is 4.29. The Hall–Kier alpha value is -1.88. The molecule has 0 radical (unpaired) electrons. The Morgan fingerprint density at radius 2 is 2.00 bits per heavy atom. The van der Waals surface area contributed by atoms with E-state index in [9.17, 15) is 4.39 Å². The van der Waals surface area contributed by atoms with Gasteiger partial charge in [0.25, 0.3) is 0 Å². The van der Waals surface area contributed by atoms with Crippen molar-refractivity contribution >= 4 is 18.3 Å². The molecule has 0 atom stereocenters. The van der Waals surface area contributed by atoms with Crippen molar-refractivity contribution in [3.05, 3.63) is 54.1 Å². The van der Waals surface area contributed by atoms with Crippen LogP contribution in [0.1, 0.15) is 5.56 Å². The van der Waals surface area contributed by atoms with E-state index in [1.165, 1.54) is 12.1 Å². The maximum absolute atomic E-state index is 12.9. The van der Waals surface area contributed by atoms with Gasteiger partial charge < -0.3 is 0 Å². The number of halogens is 1. The van der Waals surface area contributed by atoms with Crippen LogP contribution in [-0.2, 0) is 5.75 Å². The molecule has 0 aliphatic carbocycles. The summed E-state index contributed by atoms with van der Waals surface area (Å²) in [6.07, 6.45) is 3.56. The predicted octanol–water partition coefficient (Wildman–Crippen LogP) is 2.97. The first-order valence-corrected chi connectivity index (χ1v) is 6.12. The van der Waals surface area contributed by atoms with Gasteiger partial charge in [-0.05, 0) is 30.3 Å². The monoisotopic (exact) mass is 259 g/mol. The number of benzene rings is 1. The van der Waals surface area contributed by atoms with Crippen molar-refractivity contribution in [1.29, 1.82) is 0 Å². The lowest BCUT2D eigenvalue weighted by molar-refractivity contribution is 0.628. The van der Waals surface area contributed by atoms with Crippen molar-refractivity contribution in [2.45, 2.75) is 5.75 Å². The number of hydrogen-bond acceptors (Lipinski definition) is 3. The van der Waals surface area contributed by atoms with E-state index in [2.05, 4.69) is 22.7 Å². The largest absolute Gasteiger partial charge is 0.237 e. The number of aromatic nitrogens is 3. The minimum Gasteiger partial charge on any atom is -0.237 e. The molecule has 0 N–H and O–H groups in total. The number of thiol groups is 1. The minimum absolute atomic E-state index is 0.256. The van der Waals surface area contributed by atoms with Gasteiger partial charge in [0, 0.05) is 29.3 Å². The van der Waals surface area contributed by atoms with Gasteiger partial charge in [0.2, 0.25) is 0 Å². The first-order valence-electron chi connectivity index (χ1n) is 5.48. The van der Waals surface area contributed by atoms with Crippen LogP contribution in [0.3, 0.4) is 0 Å². The summed E-state index contributed by atoms with van der Waals surface area (Å²) in [5.41, 5.74) is 3.40. The maximum Gasteiger partial charge on any atom is 0.159 e. The van der Waals surface area contributed by atoms with Gasteiger partial charge in [-0.3, -0.25) is 0 Å². The number of rotatable bonds is 2. The van der Waals surface area contributed by atoms with Crippen LogP contribution in [0.25, 0.3) is 16.9 Å². The molecule has 0 bridgehead atoms. The highest BCUT2D eigenvalue weighted by molar-refractivity contribution is 7.79. The predicted molar refractivity (Wildman–Crippen MR) is 71.1 cm³/mol. The van der Waals surface area contributed by atoms with Crippen molar-refractivity contribution in [3.63, 3.8) is 0 Å². The van der Waals surface area contributed by atoms with Gasteiger partial charge in [-0.2, -0.15) is 17.7 Å². The quantitative estimate of drug-likeness (QED) is 0.717. The summed E-state index contributed by atoms with van der Waals surface area (Å²) < 4.78 is 14.6. The fraction of sp³-hybridized carbons (Fsp3) is 0.0769. The third-order valence-corrected chi connectivity index (χ3v) is 3.08. The van der Waals surface area contributed by atoms with E-state index < -0.39 is 0 Å². The molecule has 0 spiro atoms. The molecule has 2 aromatic heterocycles. The topological polar surface area (TPSA) is 30.2 Å². The zero-order valence-electron chi connectivity index (χ0n) is 9.42. The first-order chi connectivity index (χ1) is 8.79. The molecule has 0 aliphatic rings. The smallest absolute Gasteiger partial charge is 0.159 e. The van der Waals surface area contributed by atoms with E-state index in [4.69, 9.17) is 0 Å². The second-order valence-corrected chi connectivity index (χ2v) is 4.20. The molecular formula is C13H10FN3S. The fourth-order valence-electron chi connectivity index (χ4n) is 1.92. The van der Waals surface area contributed by atoms with Gasteiger partial charge in [-0.1, -0.05) is 0 Å². The maximum atomic E-state index is 12.9. The van der Waals surface area contributed by atoms with Crippen LogP contribution in [-0.4, -0.2) is 14.6 Å². The van der Waals surface area contributed by atoms with Gasteiger partial charge in [-0.25, -0.2) is 13.9 Å². The molecule has 0 fully saturated rings. The van der Waals surface area contributed by atoms with E-state index in [1.54, 1.807) is 22.8 Å². The second-order valence-electron chi connectivity index (χ2n) is 3.88. The molecule has 90 valence electrons. The SMILES string of the molecule is Fc1ccc(-c2nn3cccnc3c2CS)cc1. The molecule has 0 unspecified atom stereocenters. The lowest BCUT2D eigenvalue weighted by Gasteiger charge is -1.99. The van der Waals surface area contributed by atoms with Gasteiger partial charge in [0.1, 0.15) is 5.82 Å². The molecule has 5 heteroatoms. The van der Waals surface area contributed by atoms with E-state index in [-0.39, 0.29) is 5.82 Å². The second kappa shape index (κ2) is 4.42. The zero-order valence-corrected chi connectivity index (χ0v) is 10.3. The molecule has 3 aromatic rings. The van der Waals surface area contributed by atoms with Crippen LogP contribution in [0, 0.1) is 5.82 Å². The molecular weight excluding hydrogens is 249 g/mol. The van der Waals surface area contributed by atoms with E-state index in [0.717, 1.165) is 22.5 Å². The summed E-state index contributed by atoms with van der Waals surface area (Å²) in [7, 11) is 0. The van der Waals surface area contributed by atoms with Crippen molar-refractivity contribution in [2.24, 2.45) is 0 Å². The Morgan fingerprint density at radius 1 is 1.22 bits per heavy atom. The summed E-state index contributed by atoms with van der Waals surface area (Å²) in [6.45, 7) is 0. The minimum atomic E-state index is -0.256. The van der Waals surface area contributed by atoms with Crippen molar-refractivity contribution in [3.8, 4) is 11.3 Å². The van der Waals surface area contributed by atoms with Crippen molar-refractivity contribution in [2.75, 3.05) is 0 Å². The summed E-state index contributed by atoms with van der Waals surface area (Å²) in [6, 6.07) is 8.09. The molecule has 2 heterocycles. The lowest BCUT2D eigenvalue weighted by Crippen LogP contribution is -1.87. The highest BCUT2D eigenvalue weighted by atomic mass is 32.1. The Balaban J connectivity index is 2.25. The van der Waals surface area contributed by atoms with Gasteiger partial charge >= 0.3 is 0 Å². The molecule has 0 amide bonds. The third-order valence-electron chi connectivity index (χ3n) is 2.77. The molecule has 0 saturated heterocycles. The zero-order chi connectivity index (χ0) is 12.5. The Kier molecular flexibility index (Phi) is 2.76. The number of fused-ring (bicyclic) bond motifs is 1. The highest BCUT2D eigenvalue weighted by Crippen LogP contribution is 2.26. The van der Waals surface area contributed by atoms with Crippen LogP contribution in [0.2, 0.25) is 0 Å². The summed E-state index contributed by atoms with van der Waals surface area (Å²) >= 11 is 4.32. The highest BCUT2D eigenvalue weighted by Gasteiger charge is 2.13. The third kappa shape index (κ3) is 1.76. The average molecular weight is 259 g/mol. The number of nitrogens with zero attached hydrogens (tertiary/aromatic N) is 3. The van der Waals surface area contributed by atoms with Crippen molar-refractivity contribution < 1.29 is 4.39 Å². The standard InChI is InChI=1S/C13H10FN3S/c14-10-4-2-9(3-5-10)12-11(8-18)13-15-6-1-7-17(13)16-12/h1-7,18H,8H2. The fourth-order valence-corrected chi connectivity index (χ4v) is 2.21. The normalized spacial score (nSPS) is 11.0. The first kappa shape index (κ1) is 11.2. The van der Waals surface area contributed by atoms with Crippen LogP contribution in [0.5, 0.6) is 0 Å². The molecule has 3 rings (SSSR count). The lowest BCUT2D eigenvalue weighted by atomic mass is 10.1. The van der Waals surface area contributed by atoms with Crippen LogP contribution in [0.4, 0.5) is 4.39 Å². The van der Waals surface area contributed by atoms with Crippen LogP contribution in [0.15, 0.2) is 42.7 Å².